The van der Waals surface area contributed by atoms with Gasteiger partial charge in [-0.1, -0.05) is 38.1 Å². The minimum atomic E-state index is -0.700. The molecule has 0 saturated carbocycles. The van der Waals surface area contributed by atoms with Crippen LogP contribution in [0.1, 0.15) is 54.1 Å². The zero-order chi connectivity index (χ0) is 21.3. The van der Waals surface area contributed by atoms with E-state index in [-0.39, 0.29) is 23.9 Å². The number of rotatable bonds is 3. The van der Waals surface area contributed by atoms with Crippen LogP contribution in [-0.4, -0.2) is 41.9 Å². The van der Waals surface area contributed by atoms with Gasteiger partial charge in [0.1, 0.15) is 17.2 Å². The van der Waals surface area contributed by atoms with Crippen molar-refractivity contribution >= 4 is 11.8 Å². The predicted octanol–water partition coefficient (Wildman–Crippen LogP) is 3.68. The van der Waals surface area contributed by atoms with Crippen LogP contribution < -0.4 is 10.1 Å². The standard InChI is InChI=1S/C24H27FN2O3/c1-16(2)18-6-4-17(5-7-18)12-22(28)27-11-3-10-24(15-27)14-26-23(29)20-13-19(25)8-9-21(20)30-24/h4-9,13,16H,3,10-12,14-15H2,1-2H3,(H,26,29)/t24-/m0/s1. The van der Waals surface area contributed by atoms with Gasteiger partial charge in [0.25, 0.3) is 5.91 Å². The second-order valence-corrected chi connectivity index (χ2v) is 8.60. The van der Waals surface area contributed by atoms with Crippen molar-refractivity contribution in [1.29, 1.82) is 0 Å². The monoisotopic (exact) mass is 410 g/mol. The Hall–Kier alpha value is -2.89. The molecule has 5 nitrogen and oxygen atoms in total. The number of amides is 2. The summed E-state index contributed by atoms with van der Waals surface area (Å²) in [5.41, 5.74) is 1.73. The Morgan fingerprint density at radius 1 is 1.23 bits per heavy atom. The highest BCUT2D eigenvalue weighted by Gasteiger charge is 2.42. The van der Waals surface area contributed by atoms with Gasteiger partial charge in [-0.05, 0) is 48.1 Å². The molecule has 1 N–H and O–H groups in total. The highest BCUT2D eigenvalue weighted by Crippen LogP contribution is 2.32. The van der Waals surface area contributed by atoms with Gasteiger partial charge in [0.2, 0.25) is 5.91 Å². The Morgan fingerprint density at radius 3 is 2.73 bits per heavy atom. The first-order valence-corrected chi connectivity index (χ1v) is 10.5. The van der Waals surface area contributed by atoms with Gasteiger partial charge in [-0.2, -0.15) is 0 Å². The molecule has 2 aromatic rings. The Bertz CT molecular complexity index is 957. The van der Waals surface area contributed by atoms with Crippen LogP contribution >= 0.6 is 0 Å². The topological polar surface area (TPSA) is 58.6 Å². The molecular formula is C24H27FN2O3. The van der Waals surface area contributed by atoms with Crippen molar-refractivity contribution in [3.05, 3.63) is 65.0 Å². The summed E-state index contributed by atoms with van der Waals surface area (Å²) in [7, 11) is 0. The summed E-state index contributed by atoms with van der Waals surface area (Å²) in [5.74, 6) is 0.0351. The fourth-order valence-electron chi connectivity index (χ4n) is 4.22. The van der Waals surface area contributed by atoms with E-state index in [1.165, 1.54) is 23.8 Å². The molecule has 0 bridgehead atoms. The summed E-state index contributed by atoms with van der Waals surface area (Å²) in [5, 5.41) is 2.85. The van der Waals surface area contributed by atoms with Gasteiger partial charge in [-0.3, -0.25) is 9.59 Å². The number of nitrogens with zero attached hydrogens (tertiary/aromatic N) is 1. The van der Waals surface area contributed by atoms with Crippen LogP contribution in [0.5, 0.6) is 5.75 Å². The van der Waals surface area contributed by atoms with E-state index in [1.54, 1.807) is 0 Å². The predicted molar refractivity (Wildman–Crippen MR) is 112 cm³/mol. The van der Waals surface area contributed by atoms with Crippen molar-refractivity contribution in [2.75, 3.05) is 19.6 Å². The largest absolute Gasteiger partial charge is 0.483 e. The summed E-state index contributed by atoms with van der Waals surface area (Å²) in [6.07, 6.45) is 1.84. The Balaban J connectivity index is 1.49. The highest BCUT2D eigenvalue weighted by atomic mass is 19.1. The Morgan fingerprint density at radius 2 is 2.00 bits per heavy atom. The van der Waals surface area contributed by atoms with Crippen LogP contribution in [0, 0.1) is 5.82 Å². The zero-order valence-corrected chi connectivity index (χ0v) is 17.4. The molecule has 2 amide bonds. The van der Waals surface area contributed by atoms with E-state index in [4.69, 9.17) is 4.74 Å². The SMILES string of the molecule is CC(C)c1ccc(CC(=O)N2CCC[C@]3(CNC(=O)c4cc(F)ccc4O3)C2)cc1. The number of piperidine rings is 1. The second-order valence-electron chi connectivity index (χ2n) is 8.60. The Labute approximate surface area is 176 Å². The maximum absolute atomic E-state index is 13.6. The van der Waals surface area contributed by atoms with Crippen LogP contribution in [-0.2, 0) is 11.2 Å². The molecule has 0 radical (unpaired) electrons. The average molecular weight is 410 g/mol. The first-order chi connectivity index (χ1) is 14.3. The van der Waals surface area contributed by atoms with E-state index in [9.17, 15) is 14.0 Å². The smallest absolute Gasteiger partial charge is 0.255 e. The van der Waals surface area contributed by atoms with E-state index in [1.807, 2.05) is 17.0 Å². The molecule has 158 valence electrons. The second kappa shape index (κ2) is 8.09. The van der Waals surface area contributed by atoms with Crippen LogP contribution in [0.3, 0.4) is 0 Å². The number of fused-ring (bicyclic) bond motifs is 1. The summed E-state index contributed by atoms with van der Waals surface area (Å²) >= 11 is 0. The third-order valence-electron chi connectivity index (χ3n) is 5.98. The van der Waals surface area contributed by atoms with E-state index in [2.05, 4.69) is 31.3 Å². The molecule has 2 aliphatic rings. The third-order valence-corrected chi connectivity index (χ3v) is 5.98. The molecule has 1 atom stereocenters. The summed E-state index contributed by atoms with van der Waals surface area (Å²) in [4.78, 5) is 27.2. The molecular weight excluding hydrogens is 383 g/mol. The molecule has 1 spiro atoms. The van der Waals surface area contributed by atoms with Crippen molar-refractivity contribution in [1.82, 2.24) is 10.2 Å². The molecule has 1 saturated heterocycles. The van der Waals surface area contributed by atoms with Crippen molar-refractivity contribution in [2.45, 2.75) is 44.6 Å². The molecule has 0 aromatic heterocycles. The fraction of sp³-hybridized carbons (Fsp3) is 0.417. The average Bonchev–Trinajstić information content (AvgIpc) is 2.85. The van der Waals surface area contributed by atoms with Gasteiger partial charge in [-0.25, -0.2) is 4.39 Å². The van der Waals surface area contributed by atoms with Crippen LogP contribution in [0.15, 0.2) is 42.5 Å². The molecule has 6 heteroatoms. The van der Waals surface area contributed by atoms with Crippen LogP contribution in [0.2, 0.25) is 0 Å². The molecule has 4 rings (SSSR count). The Kier molecular flexibility index (Phi) is 5.50. The number of carbonyl (C=O) groups is 2. The lowest BCUT2D eigenvalue weighted by Gasteiger charge is -2.42. The van der Waals surface area contributed by atoms with Crippen molar-refractivity contribution in [3.63, 3.8) is 0 Å². The maximum atomic E-state index is 13.6. The molecule has 2 heterocycles. The lowest BCUT2D eigenvalue weighted by molar-refractivity contribution is -0.136. The number of hydrogen-bond donors (Lipinski definition) is 1. The van der Waals surface area contributed by atoms with Crippen molar-refractivity contribution in [3.8, 4) is 5.75 Å². The van der Waals surface area contributed by atoms with E-state index >= 15 is 0 Å². The molecule has 30 heavy (non-hydrogen) atoms. The number of halogens is 1. The zero-order valence-electron chi connectivity index (χ0n) is 17.4. The molecule has 2 aliphatic heterocycles. The van der Waals surface area contributed by atoms with Crippen LogP contribution in [0.4, 0.5) is 4.39 Å². The lowest BCUT2D eigenvalue weighted by atomic mass is 9.91. The van der Waals surface area contributed by atoms with E-state index in [0.717, 1.165) is 18.4 Å². The fourth-order valence-corrected chi connectivity index (χ4v) is 4.22. The van der Waals surface area contributed by atoms with Gasteiger partial charge in [0, 0.05) is 6.54 Å². The van der Waals surface area contributed by atoms with Crippen molar-refractivity contribution in [2.24, 2.45) is 0 Å². The van der Waals surface area contributed by atoms with Crippen molar-refractivity contribution < 1.29 is 18.7 Å². The lowest BCUT2D eigenvalue weighted by Crippen LogP contribution is -2.58. The first-order valence-electron chi connectivity index (χ1n) is 10.5. The molecule has 0 aliphatic carbocycles. The quantitative estimate of drug-likeness (QED) is 0.840. The summed E-state index contributed by atoms with van der Waals surface area (Å²) < 4.78 is 19.8. The van der Waals surface area contributed by atoms with Gasteiger partial charge in [0.05, 0.1) is 25.1 Å². The number of likely N-dealkylation sites (tertiary alicyclic amines) is 1. The first kappa shape index (κ1) is 20.4. The van der Waals surface area contributed by atoms with Gasteiger partial charge >= 0.3 is 0 Å². The minimum Gasteiger partial charge on any atom is -0.483 e. The normalized spacial score (nSPS) is 21.1. The number of carbonyl (C=O) groups excluding carboxylic acids is 2. The van der Waals surface area contributed by atoms with Gasteiger partial charge < -0.3 is 15.0 Å². The highest BCUT2D eigenvalue weighted by molar-refractivity contribution is 5.97. The summed E-state index contributed by atoms with van der Waals surface area (Å²) in [6.45, 7) is 5.64. The van der Waals surface area contributed by atoms with E-state index in [0.29, 0.717) is 31.2 Å². The third kappa shape index (κ3) is 4.18. The molecule has 0 unspecified atom stereocenters. The number of ether oxygens (including phenoxy) is 1. The van der Waals surface area contributed by atoms with Gasteiger partial charge in [-0.15, -0.1) is 0 Å². The van der Waals surface area contributed by atoms with Gasteiger partial charge in [0.15, 0.2) is 0 Å². The number of benzene rings is 2. The van der Waals surface area contributed by atoms with Crippen LogP contribution in [0.25, 0.3) is 0 Å². The number of nitrogens with one attached hydrogen (secondary N) is 1. The maximum Gasteiger partial charge on any atom is 0.255 e. The summed E-state index contributed by atoms with van der Waals surface area (Å²) in [6, 6.07) is 12.2. The van der Waals surface area contributed by atoms with E-state index < -0.39 is 11.4 Å². The molecule has 1 fully saturated rings. The number of hydrogen-bond acceptors (Lipinski definition) is 3. The minimum absolute atomic E-state index is 0.0462. The molecule has 2 aromatic carbocycles.